The van der Waals surface area contributed by atoms with E-state index < -0.39 is 0 Å². The number of nitrogens with zero attached hydrogens (tertiary/aromatic N) is 1. The number of hydrogen-bond donors (Lipinski definition) is 1. The average Bonchev–Trinajstić information content (AvgIpc) is 3.05. The van der Waals surface area contributed by atoms with Gasteiger partial charge in [-0.1, -0.05) is 19.9 Å². The molecule has 3 nitrogen and oxygen atoms in total. The number of rotatable bonds is 8. The minimum Gasteiger partial charge on any atom is -0.463 e. The quantitative estimate of drug-likeness (QED) is 0.807. The van der Waals surface area contributed by atoms with Gasteiger partial charge in [-0.3, -0.25) is 4.90 Å². The van der Waals surface area contributed by atoms with E-state index in [1.807, 2.05) is 11.3 Å². The molecule has 0 saturated heterocycles. The summed E-state index contributed by atoms with van der Waals surface area (Å²) in [6.07, 6.45) is 1.11. The summed E-state index contributed by atoms with van der Waals surface area (Å²) in [4.78, 5) is 3.75. The van der Waals surface area contributed by atoms with Gasteiger partial charge >= 0.3 is 0 Å². The molecule has 0 bridgehead atoms. The minimum atomic E-state index is 0.483. The van der Waals surface area contributed by atoms with E-state index in [2.05, 4.69) is 60.8 Å². The van der Waals surface area contributed by atoms with Crippen LogP contribution in [-0.4, -0.2) is 24.5 Å². The van der Waals surface area contributed by atoms with Gasteiger partial charge in [-0.15, -0.1) is 11.3 Å². The Morgan fingerprint density at radius 1 is 1.25 bits per heavy atom. The van der Waals surface area contributed by atoms with Crippen molar-refractivity contribution in [1.82, 2.24) is 10.2 Å². The average molecular weight is 292 g/mol. The highest BCUT2D eigenvalue weighted by Gasteiger charge is 2.06. The summed E-state index contributed by atoms with van der Waals surface area (Å²) in [5.74, 6) is 2.06. The molecule has 0 amide bonds. The van der Waals surface area contributed by atoms with Crippen LogP contribution in [0.2, 0.25) is 0 Å². The molecule has 0 unspecified atom stereocenters. The standard InChI is InChI=1S/C16H24N2OS/c1-13(2)17-11-14-6-7-15(19-14)12-18(3)9-8-16-5-4-10-20-16/h4-7,10,13,17H,8-9,11-12H2,1-3H3. The van der Waals surface area contributed by atoms with Crippen molar-refractivity contribution in [1.29, 1.82) is 0 Å². The van der Waals surface area contributed by atoms with Crippen molar-refractivity contribution in [3.8, 4) is 0 Å². The van der Waals surface area contributed by atoms with E-state index in [9.17, 15) is 0 Å². The molecule has 2 aromatic heterocycles. The summed E-state index contributed by atoms with van der Waals surface area (Å²) in [7, 11) is 2.14. The van der Waals surface area contributed by atoms with E-state index in [-0.39, 0.29) is 0 Å². The fourth-order valence-corrected chi connectivity index (χ4v) is 2.71. The summed E-state index contributed by atoms with van der Waals surface area (Å²) in [6.45, 7) is 7.01. The molecule has 0 aromatic carbocycles. The van der Waals surface area contributed by atoms with Crippen LogP contribution in [0, 0.1) is 0 Å². The van der Waals surface area contributed by atoms with Crippen LogP contribution in [0.3, 0.4) is 0 Å². The molecular weight excluding hydrogens is 268 g/mol. The monoisotopic (exact) mass is 292 g/mol. The second kappa shape index (κ2) is 7.62. The van der Waals surface area contributed by atoms with Crippen molar-refractivity contribution in [2.45, 2.75) is 39.4 Å². The maximum atomic E-state index is 5.84. The first-order valence-corrected chi connectivity index (χ1v) is 8.03. The predicted molar refractivity (Wildman–Crippen MR) is 85.0 cm³/mol. The van der Waals surface area contributed by atoms with E-state index in [0.717, 1.165) is 37.6 Å². The number of thiophene rings is 1. The summed E-state index contributed by atoms with van der Waals surface area (Å²) in [6, 6.07) is 8.94. The van der Waals surface area contributed by atoms with Gasteiger partial charge in [-0.25, -0.2) is 0 Å². The van der Waals surface area contributed by atoms with Crippen LogP contribution in [0.5, 0.6) is 0 Å². The van der Waals surface area contributed by atoms with Crippen molar-refractivity contribution < 1.29 is 4.42 Å². The fourth-order valence-electron chi connectivity index (χ4n) is 2.01. The van der Waals surface area contributed by atoms with Gasteiger partial charge < -0.3 is 9.73 Å². The summed E-state index contributed by atoms with van der Waals surface area (Å²) < 4.78 is 5.84. The van der Waals surface area contributed by atoms with Crippen molar-refractivity contribution in [3.05, 3.63) is 46.0 Å². The SMILES string of the molecule is CC(C)NCc1ccc(CN(C)CCc2cccs2)o1. The Morgan fingerprint density at radius 2 is 2.05 bits per heavy atom. The molecule has 0 fully saturated rings. The Kier molecular flexibility index (Phi) is 5.83. The zero-order valence-electron chi connectivity index (χ0n) is 12.6. The van der Waals surface area contributed by atoms with Crippen molar-refractivity contribution in [2.75, 3.05) is 13.6 Å². The molecule has 110 valence electrons. The highest BCUT2D eigenvalue weighted by atomic mass is 32.1. The molecule has 0 radical (unpaired) electrons. The first-order chi connectivity index (χ1) is 9.63. The number of hydrogen-bond acceptors (Lipinski definition) is 4. The van der Waals surface area contributed by atoms with Gasteiger partial charge in [0.2, 0.25) is 0 Å². The minimum absolute atomic E-state index is 0.483. The van der Waals surface area contributed by atoms with Crippen LogP contribution in [0.25, 0.3) is 0 Å². The summed E-state index contributed by atoms with van der Waals surface area (Å²) in [5.41, 5.74) is 0. The van der Waals surface area contributed by atoms with E-state index in [0.29, 0.717) is 6.04 Å². The van der Waals surface area contributed by atoms with Crippen LogP contribution in [0.1, 0.15) is 30.2 Å². The molecule has 2 heterocycles. The molecule has 4 heteroatoms. The van der Waals surface area contributed by atoms with E-state index in [4.69, 9.17) is 4.42 Å². The topological polar surface area (TPSA) is 28.4 Å². The highest BCUT2D eigenvalue weighted by molar-refractivity contribution is 7.09. The Bertz CT molecular complexity index is 490. The zero-order chi connectivity index (χ0) is 14.4. The van der Waals surface area contributed by atoms with Crippen LogP contribution in [0.15, 0.2) is 34.1 Å². The summed E-state index contributed by atoms with van der Waals surface area (Å²) in [5, 5.41) is 5.50. The predicted octanol–water partition coefficient (Wildman–Crippen LogP) is 3.51. The molecule has 0 aliphatic heterocycles. The third kappa shape index (κ3) is 5.12. The number of nitrogens with one attached hydrogen (secondary N) is 1. The first kappa shape index (κ1) is 15.3. The lowest BCUT2D eigenvalue weighted by Crippen LogP contribution is -2.21. The maximum absolute atomic E-state index is 5.84. The molecule has 2 aromatic rings. The third-order valence-electron chi connectivity index (χ3n) is 3.15. The van der Waals surface area contributed by atoms with Crippen molar-refractivity contribution >= 4 is 11.3 Å². The smallest absolute Gasteiger partial charge is 0.118 e. The van der Waals surface area contributed by atoms with E-state index >= 15 is 0 Å². The largest absolute Gasteiger partial charge is 0.463 e. The lowest BCUT2D eigenvalue weighted by atomic mass is 10.3. The molecule has 2 rings (SSSR count). The number of likely N-dealkylation sites (N-methyl/N-ethyl adjacent to an activating group) is 1. The number of furan rings is 1. The van der Waals surface area contributed by atoms with Gasteiger partial charge in [0, 0.05) is 17.5 Å². The first-order valence-electron chi connectivity index (χ1n) is 7.15. The Hall–Kier alpha value is -1.10. The van der Waals surface area contributed by atoms with E-state index in [1.165, 1.54) is 4.88 Å². The van der Waals surface area contributed by atoms with Gasteiger partial charge in [0.1, 0.15) is 11.5 Å². The Balaban J connectivity index is 1.74. The second-order valence-corrected chi connectivity index (χ2v) is 6.50. The van der Waals surface area contributed by atoms with Crippen LogP contribution < -0.4 is 5.32 Å². The van der Waals surface area contributed by atoms with Gasteiger partial charge in [-0.2, -0.15) is 0 Å². The molecule has 1 N–H and O–H groups in total. The fraction of sp³-hybridized carbons (Fsp3) is 0.500. The summed E-state index contributed by atoms with van der Waals surface area (Å²) >= 11 is 1.83. The molecule has 0 aliphatic rings. The van der Waals surface area contributed by atoms with Crippen molar-refractivity contribution in [3.63, 3.8) is 0 Å². The maximum Gasteiger partial charge on any atom is 0.118 e. The van der Waals surface area contributed by atoms with Crippen LogP contribution >= 0.6 is 11.3 Å². The van der Waals surface area contributed by atoms with E-state index in [1.54, 1.807) is 0 Å². The van der Waals surface area contributed by atoms with Gasteiger partial charge in [-0.05, 0) is 37.0 Å². The van der Waals surface area contributed by atoms with Crippen LogP contribution in [0.4, 0.5) is 0 Å². The lowest BCUT2D eigenvalue weighted by Gasteiger charge is -2.14. The van der Waals surface area contributed by atoms with Gasteiger partial charge in [0.05, 0.1) is 13.1 Å². The van der Waals surface area contributed by atoms with Gasteiger partial charge in [0.25, 0.3) is 0 Å². The third-order valence-corrected chi connectivity index (χ3v) is 4.08. The second-order valence-electron chi connectivity index (χ2n) is 5.47. The zero-order valence-corrected chi connectivity index (χ0v) is 13.4. The molecule has 20 heavy (non-hydrogen) atoms. The molecule has 0 saturated carbocycles. The molecule has 0 atom stereocenters. The normalized spacial score (nSPS) is 11.7. The van der Waals surface area contributed by atoms with Gasteiger partial charge in [0.15, 0.2) is 0 Å². The molecule has 0 spiro atoms. The molecular formula is C16H24N2OS. The van der Waals surface area contributed by atoms with Crippen LogP contribution in [-0.2, 0) is 19.5 Å². The Labute approximate surface area is 125 Å². The lowest BCUT2D eigenvalue weighted by molar-refractivity contribution is 0.292. The highest BCUT2D eigenvalue weighted by Crippen LogP contribution is 2.12. The van der Waals surface area contributed by atoms with Crippen molar-refractivity contribution in [2.24, 2.45) is 0 Å². The Morgan fingerprint density at radius 3 is 2.75 bits per heavy atom. The molecule has 0 aliphatic carbocycles.